The number of carbonyl (C=O) groups is 1. The smallest absolute Gasteiger partial charge is 0.248 e. The number of benzene rings is 1. The minimum atomic E-state index is -0.926. The predicted molar refractivity (Wildman–Crippen MR) is 90.5 cm³/mol. The van der Waals surface area contributed by atoms with Crippen LogP contribution in [0.15, 0.2) is 47.3 Å². The normalized spacial score (nSPS) is 15.5. The fourth-order valence-electron chi connectivity index (χ4n) is 2.93. The Bertz CT molecular complexity index is 772. The van der Waals surface area contributed by atoms with Crippen molar-refractivity contribution in [1.82, 2.24) is 15.2 Å². The van der Waals surface area contributed by atoms with Crippen molar-refractivity contribution in [2.45, 2.75) is 19.1 Å². The van der Waals surface area contributed by atoms with Crippen molar-refractivity contribution in [3.05, 3.63) is 69.6 Å². The zero-order valence-electron chi connectivity index (χ0n) is 13.4. The molecule has 24 heavy (non-hydrogen) atoms. The fourth-order valence-corrected chi connectivity index (χ4v) is 2.93. The minimum Gasteiger partial charge on any atom is -0.385 e. The molecule has 6 nitrogen and oxygen atoms in total. The van der Waals surface area contributed by atoms with Gasteiger partial charge in [0.25, 0.3) is 0 Å². The van der Waals surface area contributed by atoms with E-state index < -0.39 is 6.10 Å². The zero-order valence-corrected chi connectivity index (χ0v) is 13.4. The van der Waals surface area contributed by atoms with E-state index in [1.165, 1.54) is 17.2 Å². The number of aliphatic hydroxyl groups excluding tert-OH is 1. The van der Waals surface area contributed by atoms with Crippen LogP contribution in [0.25, 0.3) is 0 Å². The van der Waals surface area contributed by atoms with Crippen molar-refractivity contribution >= 4 is 5.91 Å². The van der Waals surface area contributed by atoms with Crippen LogP contribution in [-0.4, -0.2) is 40.5 Å². The molecular formula is C18H21N3O3. The quantitative estimate of drug-likeness (QED) is 0.750. The maximum atomic E-state index is 12.1. The summed E-state index contributed by atoms with van der Waals surface area (Å²) in [6.07, 6.45) is 0.0158. The Morgan fingerprint density at radius 1 is 1.21 bits per heavy atom. The molecule has 0 bridgehead atoms. The number of nitrogens with one attached hydrogen (secondary N) is 2. The highest BCUT2D eigenvalue weighted by atomic mass is 16.3. The number of amides is 1. The monoisotopic (exact) mass is 327 g/mol. The van der Waals surface area contributed by atoms with Crippen molar-refractivity contribution in [3.8, 4) is 0 Å². The summed E-state index contributed by atoms with van der Waals surface area (Å²) in [6, 6.07) is 12.8. The van der Waals surface area contributed by atoms with E-state index in [2.05, 4.69) is 27.3 Å². The molecule has 2 aromatic rings. The van der Waals surface area contributed by atoms with Gasteiger partial charge in [0.1, 0.15) is 6.10 Å². The number of carbonyl (C=O) groups excluding carboxylic acids is 1. The third kappa shape index (κ3) is 4.10. The van der Waals surface area contributed by atoms with Gasteiger partial charge in [-0.1, -0.05) is 30.3 Å². The second-order valence-electron chi connectivity index (χ2n) is 6.02. The van der Waals surface area contributed by atoms with Crippen LogP contribution in [0, 0.1) is 0 Å². The van der Waals surface area contributed by atoms with Gasteiger partial charge in [0.2, 0.25) is 11.5 Å². The van der Waals surface area contributed by atoms with E-state index in [4.69, 9.17) is 0 Å². The van der Waals surface area contributed by atoms with E-state index in [-0.39, 0.29) is 18.0 Å². The maximum Gasteiger partial charge on any atom is 0.248 e. The van der Waals surface area contributed by atoms with Crippen molar-refractivity contribution in [3.63, 3.8) is 0 Å². The first kappa shape index (κ1) is 16.4. The van der Waals surface area contributed by atoms with Gasteiger partial charge in [0, 0.05) is 31.4 Å². The number of nitrogens with zero attached hydrogens (tertiary/aromatic N) is 1. The molecule has 1 aliphatic heterocycles. The Morgan fingerprint density at radius 2 is 2.00 bits per heavy atom. The zero-order chi connectivity index (χ0) is 16.9. The molecule has 126 valence electrons. The summed E-state index contributed by atoms with van der Waals surface area (Å²) in [7, 11) is 0. The van der Waals surface area contributed by atoms with E-state index in [1.54, 1.807) is 12.1 Å². The third-order valence-electron chi connectivity index (χ3n) is 4.22. The SMILES string of the molecule is O=C(CN1CCc2ccccc2C1)NCC(O)c1cccc(=O)[nH]1. The third-order valence-corrected chi connectivity index (χ3v) is 4.22. The van der Waals surface area contributed by atoms with Crippen LogP contribution in [0.4, 0.5) is 0 Å². The van der Waals surface area contributed by atoms with Gasteiger partial charge in [-0.25, -0.2) is 0 Å². The van der Waals surface area contributed by atoms with Gasteiger partial charge in [-0.2, -0.15) is 0 Å². The van der Waals surface area contributed by atoms with Gasteiger partial charge in [0.05, 0.1) is 6.54 Å². The molecule has 0 radical (unpaired) electrons. The number of hydrogen-bond donors (Lipinski definition) is 3. The van der Waals surface area contributed by atoms with E-state index in [0.717, 1.165) is 19.5 Å². The lowest BCUT2D eigenvalue weighted by Crippen LogP contribution is -2.41. The summed E-state index contributed by atoms with van der Waals surface area (Å²) >= 11 is 0. The Morgan fingerprint density at radius 3 is 2.79 bits per heavy atom. The second kappa shape index (κ2) is 7.42. The first-order valence-corrected chi connectivity index (χ1v) is 8.05. The highest BCUT2D eigenvalue weighted by Gasteiger charge is 2.18. The molecule has 2 heterocycles. The number of pyridine rings is 1. The van der Waals surface area contributed by atoms with E-state index in [0.29, 0.717) is 12.2 Å². The molecule has 0 fully saturated rings. The van der Waals surface area contributed by atoms with E-state index >= 15 is 0 Å². The number of rotatable bonds is 5. The molecule has 6 heteroatoms. The Kier molecular flexibility index (Phi) is 5.08. The predicted octanol–water partition coefficient (Wildman–Crippen LogP) is 0.583. The Hall–Kier alpha value is -2.44. The largest absolute Gasteiger partial charge is 0.385 e. The lowest BCUT2D eigenvalue weighted by atomic mass is 10.00. The lowest BCUT2D eigenvalue weighted by Gasteiger charge is -2.28. The van der Waals surface area contributed by atoms with Gasteiger partial charge in [-0.05, 0) is 23.6 Å². The Balaban J connectivity index is 1.49. The van der Waals surface area contributed by atoms with Crippen LogP contribution in [0.3, 0.4) is 0 Å². The molecule has 1 aromatic carbocycles. The van der Waals surface area contributed by atoms with Crippen LogP contribution in [0.1, 0.15) is 22.9 Å². The lowest BCUT2D eigenvalue weighted by molar-refractivity contribution is -0.122. The molecular weight excluding hydrogens is 306 g/mol. The van der Waals surface area contributed by atoms with E-state index in [1.807, 2.05) is 12.1 Å². The van der Waals surface area contributed by atoms with Crippen LogP contribution >= 0.6 is 0 Å². The topological polar surface area (TPSA) is 85.4 Å². The summed E-state index contributed by atoms with van der Waals surface area (Å²) in [5, 5.41) is 12.8. The van der Waals surface area contributed by atoms with Crippen molar-refractivity contribution in [2.24, 2.45) is 0 Å². The summed E-state index contributed by atoms with van der Waals surface area (Å²) in [5.74, 6) is -0.133. The summed E-state index contributed by atoms with van der Waals surface area (Å²) < 4.78 is 0. The molecule has 0 aliphatic carbocycles. The molecule has 0 spiro atoms. The van der Waals surface area contributed by atoms with Crippen LogP contribution in [0.5, 0.6) is 0 Å². The van der Waals surface area contributed by atoms with Gasteiger partial charge >= 0.3 is 0 Å². The van der Waals surface area contributed by atoms with Gasteiger partial charge in [0.15, 0.2) is 0 Å². The molecule has 1 unspecified atom stereocenters. The summed E-state index contributed by atoms with van der Waals surface area (Å²) in [5.41, 5.74) is 2.73. The van der Waals surface area contributed by atoms with Crippen LogP contribution in [-0.2, 0) is 17.8 Å². The van der Waals surface area contributed by atoms with Crippen molar-refractivity contribution in [2.75, 3.05) is 19.6 Å². The highest BCUT2D eigenvalue weighted by molar-refractivity contribution is 5.78. The summed E-state index contributed by atoms with van der Waals surface area (Å²) in [4.78, 5) is 28.0. The number of fused-ring (bicyclic) bond motifs is 1. The Labute approximate surface area is 140 Å². The summed E-state index contributed by atoms with van der Waals surface area (Å²) in [6.45, 7) is 1.98. The van der Waals surface area contributed by atoms with Gasteiger partial charge < -0.3 is 15.4 Å². The van der Waals surface area contributed by atoms with Gasteiger partial charge in [-0.3, -0.25) is 14.5 Å². The van der Waals surface area contributed by atoms with Gasteiger partial charge in [-0.15, -0.1) is 0 Å². The number of hydrogen-bond acceptors (Lipinski definition) is 4. The average molecular weight is 327 g/mol. The van der Waals surface area contributed by atoms with Crippen molar-refractivity contribution < 1.29 is 9.90 Å². The molecule has 1 atom stereocenters. The highest BCUT2D eigenvalue weighted by Crippen LogP contribution is 2.17. The molecule has 1 aliphatic rings. The molecule has 1 amide bonds. The molecule has 0 saturated heterocycles. The molecule has 0 saturated carbocycles. The number of aromatic nitrogens is 1. The number of aliphatic hydroxyl groups is 1. The van der Waals surface area contributed by atoms with Crippen molar-refractivity contribution in [1.29, 1.82) is 0 Å². The molecule has 3 N–H and O–H groups in total. The minimum absolute atomic E-state index is 0.0726. The maximum absolute atomic E-state index is 12.1. The first-order chi connectivity index (χ1) is 11.6. The molecule has 3 rings (SSSR count). The van der Waals surface area contributed by atoms with Crippen LogP contribution < -0.4 is 10.9 Å². The number of aromatic amines is 1. The van der Waals surface area contributed by atoms with Crippen LogP contribution in [0.2, 0.25) is 0 Å². The molecule has 1 aromatic heterocycles. The first-order valence-electron chi connectivity index (χ1n) is 8.05. The number of H-pyrrole nitrogens is 1. The standard InChI is InChI=1S/C18H21N3O3/c22-16(15-6-3-7-17(23)20-15)10-19-18(24)12-21-9-8-13-4-1-2-5-14(13)11-21/h1-7,16,22H,8-12H2,(H,19,24)(H,20,23). The average Bonchev–Trinajstić information content (AvgIpc) is 2.59. The second-order valence-corrected chi connectivity index (χ2v) is 6.02. The van der Waals surface area contributed by atoms with E-state index in [9.17, 15) is 14.7 Å². The fraction of sp³-hybridized carbons (Fsp3) is 0.333.